The molecule has 1 unspecified atom stereocenters. The summed E-state index contributed by atoms with van der Waals surface area (Å²) >= 11 is 0. The summed E-state index contributed by atoms with van der Waals surface area (Å²) in [5.41, 5.74) is 0. The number of ether oxygens (including phenoxy) is 1. The monoisotopic (exact) mass is 279 g/mol. The van der Waals surface area contributed by atoms with E-state index in [1.807, 2.05) is 0 Å². The Labute approximate surface area is 116 Å². The molecule has 108 valence electrons. The van der Waals surface area contributed by atoms with Crippen LogP contribution < -0.4 is 10.6 Å². The minimum absolute atomic E-state index is 0. The number of rotatable bonds is 6. The molecular formula is C12H26ClN3O2. The number of hydrogen-bond acceptors (Lipinski definition) is 4. The van der Waals surface area contributed by atoms with Crippen molar-refractivity contribution in [2.24, 2.45) is 5.92 Å². The van der Waals surface area contributed by atoms with Crippen molar-refractivity contribution in [3.8, 4) is 0 Å². The van der Waals surface area contributed by atoms with Crippen molar-refractivity contribution >= 4 is 18.3 Å². The molecule has 0 saturated carbocycles. The maximum Gasteiger partial charge on any atom is 0.234 e. The first kappa shape index (κ1) is 17.6. The highest BCUT2D eigenvalue weighted by Crippen LogP contribution is 2.12. The Kier molecular flexibility index (Phi) is 9.36. The van der Waals surface area contributed by atoms with E-state index in [0.717, 1.165) is 32.8 Å². The average molecular weight is 280 g/mol. The number of morpholine rings is 1. The van der Waals surface area contributed by atoms with Crippen molar-refractivity contribution in [1.82, 2.24) is 15.5 Å². The van der Waals surface area contributed by atoms with Crippen LogP contribution in [0.1, 0.15) is 13.8 Å². The van der Waals surface area contributed by atoms with Crippen molar-refractivity contribution in [3.63, 3.8) is 0 Å². The second-order valence-corrected chi connectivity index (χ2v) is 4.79. The number of amides is 1. The molecule has 0 aromatic rings. The fourth-order valence-corrected chi connectivity index (χ4v) is 2.14. The summed E-state index contributed by atoms with van der Waals surface area (Å²) in [6.07, 6.45) is 0. The van der Waals surface area contributed by atoms with Crippen molar-refractivity contribution in [2.75, 3.05) is 46.4 Å². The van der Waals surface area contributed by atoms with E-state index in [-0.39, 0.29) is 18.3 Å². The highest BCUT2D eigenvalue weighted by Gasteiger charge is 2.23. The van der Waals surface area contributed by atoms with Crippen LogP contribution >= 0.6 is 12.4 Å². The fourth-order valence-electron chi connectivity index (χ4n) is 2.14. The first-order valence-electron chi connectivity index (χ1n) is 6.38. The number of carbonyl (C=O) groups is 1. The highest BCUT2D eigenvalue weighted by atomic mass is 35.5. The van der Waals surface area contributed by atoms with Gasteiger partial charge in [-0.3, -0.25) is 9.69 Å². The van der Waals surface area contributed by atoms with Crippen LogP contribution in [0, 0.1) is 5.92 Å². The van der Waals surface area contributed by atoms with Crippen LogP contribution in [0.2, 0.25) is 0 Å². The minimum Gasteiger partial charge on any atom is -0.379 e. The Hall–Kier alpha value is -0.360. The van der Waals surface area contributed by atoms with Gasteiger partial charge in [0.05, 0.1) is 19.8 Å². The van der Waals surface area contributed by atoms with Gasteiger partial charge in [-0.15, -0.1) is 12.4 Å². The Balaban J connectivity index is 0.00000289. The third-order valence-electron chi connectivity index (χ3n) is 3.13. The predicted octanol–water partition coefficient (Wildman–Crippen LogP) is 0.101. The molecule has 1 aliphatic heterocycles. The lowest BCUT2D eigenvalue weighted by Crippen LogP contribution is -2.51. The maximum absolute atomic E-state index is 11.4. The van der Waals surface area contributed by atoms with Crippen molar-refractivity contribution < 1.29 is 9.53 Å². The molecule has 0 aromatic heterocycles. The number of halogens is 1. The summed E-state index contributed by atoms with van der Waals surface area (Å²) in [7, 11) is 1.78. The average Bonchev–Trinajstić information content (AvgIpc) is 2.30. The maximum atomic E-state index is 11.4. The summed E-state index contributed by atoms with van der Waals surface area (Å²) < 4.78 is 5.35. The van der Waals surface area contributed by atoms with E-state index in [0.29, 0.717) is 18.5 Å². The second-order valence-electron chi connectivity index (χ2n) is 4.79. The third-order valence-corrected chi connectivity index (χ3v) is 3.13. The highest BCUT2D eigenvalue weighted by molar-refractivity contribution is 5.85. The van der Waals surface area contributed by atoms with Gasteiger partial charge in [-0.2, -0.15) is 0 Å². The van der Waals surface area contributed by atoms with Gasteiger partial charge in [0.25, 0.3) is 0 Å². The first-order valence-corrected chi connectivity index (χ1v) is 6.38. The van der Waals surface area contributed by atoms with Crippen molar-refractivity contribution in [2.45, 2.75) is 19.9 Å². The van der Waals surface area contributed by atoms with Crippen LogP contribution in [0.15, 0.2) is 0 Å². The number of carbonyl (C=O) groups excluding carboxylic acids is 1. The van der Waals surface area contributed by atoms with Crippen molar-refractivity contribution in [3.05, 3.63) is 0 Å². The van der Waals surface area contributed by atoms with E-state index < -0.39 is 0 Å². The van der Waals surface area contributed by atoms with Gasteiger partial charge in [0.15, 0.2) is 0 Å². The van der Waals surface area contributed by atoms with Gasteiger partial charge < -0.3 is 15.4 Å². The summed E-state index contributed by atoms with van der Waals surface area (Å²) in [4.78, 5) is 13.8. The molecule has 1 heterocycles. The van der Waals surface area contributed by atoms with Gasteiger partial charge >= 0.3 is 0 Å². The molecule has 0 radical (unpaired) electrons. The molecule has 1 amide bonds. The topological polar surface area (TPSA) is 53.6 Å². The van der Waals surface area contributed by atoms with Gasteiger partial charge in [-0.1, -0.05) is 13.8 Å². The lowest BCUT2D eigenvalue weighted by atomic mass is 10.0. The summed E-state index contributed by atoms with van der Waals surface area (Å²) in [5.74, 6) is 0.592. The van der Waals surface area contributed by atoms with Gasteiger partial charge in [-0.25, -0.2) is 0 Å². The molecule has 1 aliphatic rings. The zero-order valence-electron chi connectivity index (χ0n) is 11.6. The first-order chi connectivity index (χ1) is 8.15. The number of nitrogens with zero attached hydrogens (tertiary/aromatic N) is 1. The van der Waals surface area contributed by atoms with Crippen molar-refractivity contribution in [1.29, 1.82) is 0 Å². The molecule has 1 rings (SSSR count). The van der Waals surface area contributed by atoms with Crippen LogP contribution in [-0.4, -0.2) is 63.3 Å². The van der Waals surface area contributed by atoms with E-state index in [1.165, 1.54) is 0 Å². The lowest BCUT2D eigenvalue weighted by molar-refractivity contribution is -0.120. The fraction of sp³-hybridized carbons (Fsp3) is 0.917. The molecular weight excluding hydrogens is 254 g/mol. The van der Waals surface area contributed by atoms with Gasteiger partial charge in [0.2, 0.25) is 5.91 Å². The zero-order valence-corrected chi connectivity index (χ0v) is 12.4. The molecule has 2 N–H and O–H groups in total. The Morgan fingerprint density at radius 2 is 1.94 bits per heavy atom. The third kappa shape index (κ3) is 6.00. The molecule has 6 heteroatoms. The van der Waals surface area contributed by atoms with Crippen LogP contribution in [0.25, 0.3) is 0 Å². The van der Waals surface area contributed by atoms with E-state index in [9.17, 15) is 4.79 Å². The molecule has 0 aliphatic carbocycles. The Bertz CT molecular complexity index is 233. The molecule has 18 heavy (non-hydrogen) atoms. The molecule has 5 nitrogen and oxygen atoms in total. The Morgan fingerprint density at radius 3 is 2.44 bits per heavy atom. The molecule has 0 spiro atoms. The lowest BCUT2D eigenvalue weighted by Gasteiger charge is -2.36. The molecule has 0 bridgehead atoms. The number of likely N-dealkylation sites (N-methyl/N-ethyl adjacent to an activating group) is 1. The molecule has 1 saturated heterocycles. The van der Waals surface area contributed by atoms with E-state index in [4.69, 9.17) is 4.74 Å². The SMILES string of the molecule is CNCC(=O)NCC(C(C)C)N1CCOCC1.Cl. The summed E-state index contributed by atoms with van der Waals surface area (Å²) in [6, 6.07) is 0.403. The number of hydrogen-bond donors (Lipinski definition) is 2. The van der Waals surface area contributed by atoms with Gasteiger partial charge in [0, 0.05) is 25.7 Å². The molecule has 1 fully saturated rings. The van der Waals surface area contributed by atoms with E-state index in [1.54, 1.807) is 7.05 Å². The summed E-state index contributed by atoms with van der Waals surface area (Å²) in [6.45, 7) is 9.03. The van der Waals surface area contributed by atoms with Crippen LogP contribution in [0.4, 0.5) is 0 Å². The standard InChI is InChI=1S/C12H25N3O2.ClH/c1-10(2)11(8-14-12(16)9-13-3)15-4-6-17-7-5-15;/h10-11,13H,4-9H2,1-3H3,(H,14,16);1H. The van der Waals surface area contributed by atoms with Crippen LogP contribution in [0.3, 0.4) is 0 Å². The normalized spacial score (nSPS) is 18.2. The van der Waals surface area contributed by atoms with E-state index >= 15 is 0 Å². The largest absolute Gasteiger partial charge is 0.379 e. The second kappa shape index (κ2) is 9.55. The predicted molar refractivity (Wildman–Crippen MR) is 75.2 cm³/mol. The zero-order chi connectivity index (χ0) is 12.7. The van der Waals surface area contributed by atoms with Crippen LogP contribution in [-0.2, 0) is 9.53 Å². The molecule has 1 atom stereocenters. The molecule has 0 aromatic carbocycles. The number of nitrogens with one attached hydrogen (secondary N) is 2. The van der Waals surface area contributed by atoms with Gasteiger partial charge in [-0.05, 0) is 13.0 Å². The quantitative estimate of drug-likeness (QED) is 0.724. The smallest absolute Gasteiger partial charge is 0.234 e. The summed E-state index contributed by atoms with van der Waals surface area (Å²) in [5, 5.41) is 5.83. The van der Waals surface area contributed by atoms with E-state index in [2.05, 4.69) is 29.4 Å². The minimum atomic E-state index is 0. The Morgan fingerprint density at radius 1 is 1.33 bits per heavy atom. The van der Waals surface area contributed by atoms with Crippen LogP contribution in [0.5, 0.6) is 0 Å². The van der Waals surface area contributed by atoms with Gasteiger partial charge in [0.1, 0.15) is 0 Å².